The summed E-state index contributed by atoms with van der Waals surface area (Å²) >= 11 is 0. The molecule has 14 heavy (non-hydrogen) atoms. The lowest BCUT2D eigenvalue weighted by atomic mass is 10.3. The highest BCUT2D eigenvalue weighted by Crippen LogP contribution is 1.83. The van der Waals surface area contributed by atoms with Crippen LogP contribution < -0.4 is 5.32 Å². The molecule has 6 nitrogen and oxygen atoms in total. The number of hydrogen-bond acceptors (Lipinski definition) is 5. The number of aliphatic hydroxyl groups excluding tert-OH is 2. The second kappa shape index (κ2) is 10.4. The molecule has 0 bridgehead atoms. The molecule has 0 saturated carbocycles. The summed E-state index contributed by atoms with van der Waals surface area (Å²) in [6.07, 6.45) is -0.823. The first-order valence-electron chi connectivity index (χ1n) is 4.31. The lowest BCUT2D eigenvalue weighted by Gasteiger charge is -2.10. The van der Waals surface area contributed by atoms with Crippen molar-refractivity contribution >= 4 is 5.97 Å². The van der Waals surface area contributed by atoms with Crippen molar-refractivity contribution in [3.8, 4) is 0 Å². The fourth-order valence-electron chi connectivity index (χ4n) is 0.379. The largest absolute Gasteiger partial charge is 0.481 e. The summed E-state index contributed by atoms with van der Waals surface area (Å²) in [5.41, 5.74) is 0. The molecular weight excluding hydrogens is 190 g/mol. The Labute approximate surface area is 83.2 Å². The summed E-state index contributed by atoms with van der Waals surface area (Å²) < 4.78 is 0. The van der Waals surface area contributed by atoms with Crippen LogP contribution in [0.3, 0.4) is 0 Å². The van der Waals surface area contributed by atoms with Crippen LogP contribution in [-0.2, 0) is 4.79 Å². The van der Waals surface area contributed by atoms with Crippen molar-refractivity contribution < 1.29 is 25.2 Å². The smallest absolute Gasteiger partial charge is 0.303 e. The lowest BCUT2D eigenvalue weighted by Crippen LogP contribution is -2.34. The lowest BCUT2D eigenvalue weighted by molar-refractivity contribution is -0.137. The summed E-state index contributed by atoms with van der Waals surface area (Å²) in [5.74, 6) is -0.853. The van der Waals surface area contributed by atoms with Gasteiger partial charge in [0, 0.05) is 13.0 Å². The van der Waals surface area contributed by atoms with Gasteiger partial charge in [0.15, 0.2) is 6.29 Å². The normalized spacial score (nSPS) is 11.9. The maximum absolute atomic E-state index is 9.65. The van der Waals surface area contributed by atoms with Crippen LogP contribution in [0.15, 0.2) is 0 Å². The first kappa shape index (κ1) is 15.8. The van der Waals surface area contributed by atoms with Crippen LogP contribution in [-0.4, -0.2) is 52.4 Å². The van der Waals surface area contributed by atoms with Gasteiger partial charge in [-0.3, -0.25) is 4.79 Å². The molecule has 0 aliphatic carbocycles. The SMILES string of the molecule is CNC(C)C(O)O.O=C(O)CCCO. The van der Waals surface area contributed by atoms with Crippen molar-refractivity contribution in [2.75, 3.05) is 13.7 Å². The Morgan fingerprint density at radius 3 is 2.00 bits per heavy atom. The standard InChI is InChI=1S/C4H11NO2.C4H8O3/c1-3(5-2)4(6)7;5-3-1-2-4(6)7/h3-7H,1-2H3;5H,1-3H2,(H,6,7). The minimum Gasteiger partial charge on any atom is -0.481 e. The van der Waals surface area contributed by atoms with Gasteiger partial charge in [0.1, 0.15) is 0 Å². The molecular formula is C8H19NO5. The Kier molecular flexibility index (Phi) is 11.7. The second-order valence-corrected chi connectivity index (χ2v) is 2.71. The number of rotatable bonds is 5. The second-order valence-electron chi connectivity index (χ2n) is 2.71. The molecule has 0 radical (unpaired) electrons. The molecule has 0 heterocycles. The van der Waals surface area contributed by atoms with E-state index < -0.39 is 12.3 Å². The van der Waals surface area contributed by atoms with Crippen LogP contribution in [0.2, 0.25) is 0 Å². The number of carbonyl (C=O) groups is 1. The van der Waals surface area contributed by atoms with E-state index in [2.05, 4.69) is 5.32 Å². The van der Waals surface area contributed by atoms with Gasteiger partial charge in [-0.15, -0.1) is 0 Å². The van der Waals surface area contributed by atoms with Crippen LogP contribution in [0, 0.1) is 0 Å². The molecule has 6 heteroatoms. The van der Waals surface area contributed by atoms with E-state index in [-0.39, 0.29) is 19.1 Å². The van der Waals surface area contributed by atoms with Crippen molar-refractivity contribution in [2.24, 2.45) is 0 Å². The molecule has 1 unspecified atom stereocenters. The van der Waals surface area contributed by atoms with Crippen LogP contribution in [0.25, 0.3) is 0 Å². The zero-order valence-corrected chi connectivity index (χ0v) is 8.47. The number of carboxylic acids is 1. The minimum atomic E-state index is -1.25. The van der Waals surface area contributed by atoms with Gasteiger partial charge in [-0.1, -0.05) is 0 Å². The monoisotopic (exact) mass is 209 g/mol. The highest BCUT2D eigenvalue weighted by atomic mass is 16.5. The molecule has 5 N–H and O–H groups in total. The number of nitrogens with one attached hydrogen (secondary N) is 1. The Balaban J connectivity index is 0. The van der Waals surface area contributed by atoms with Crippen molar-refractivity contribution in [1.82, 2.24) is 5.32 Å². The van der Waals surface area contributed by atoms with E-state index in [1.165, 1.54) is 0 Å². The first-order valence-corrected chi connectivity index (χ1v) is 4.31. The van der Waals surface area contributed by atoms with E-state index in [9.17, 15) is 4.79 Å². The Morgan fingerprint density at radius 1 is 1.43 bits per heavy atom. The predicted octanol–water partition coefficient (Wildman–Crippen LogP) is -1.25. The average Bonchev–Trinajstić information content (AvgIpc) is 2.14. The summed E-state index contributed by atoms with van der Waals surface area (Å²) in [6, 6.07) is -0.236. The van der Waals surface area contributed by atoms with Gasteiger partial charge in [-0.25, -0.2) is 0 Å². The van der Waals surface area contributed by atoms with Crippen molar-refractivity contribution in [3.05, 3.63) is 0 Å². The average molecular weight is 209 g/mol. The summed E-state index contributed by atoms with van der Waals surface area (Å²) in [4.78, 5) is 9.65. The molecule has 0 aromatic heterocycles. The third kappa shape index (κ3) is 13.9. The van der Waals surface area contributed by atoms with Gasteiger partial charge in [-0.05, 0) is 20.4 Å². The summed E-state index contributed by atoms with van der Waals surface area (Å²) in [6.45, 7) is 1.65. The molecule has 86 valence electrons. The molecule has 0 spiro atoms. The molecule has 0 amide bonds. The molecule has 0 saturated heterocycles. The highest BCUT2D eigenvalue weighted by Gasteiger charge is 2.04. The van der Waals surface area contributed by atoms with E-state index in [0.29, 0.717) is 6.42 Å². The maximum Gasteiger partial charge on any atom is 0.303 e. The molecule has 0 aromatic carbocycles. The van der Waals surface area contributed by atoms with Crippen molar-refractivity contribution in [1.29, 1.82) is 0 Å². The molecule has 0 aromatic rings. The van der Waals surface area contributed by atoms with Crippen LogP contribution in [0.5, 0.6) is 0 Å². The first-order chi connectivity index (χ1) is 6.45. The van der Waals surface area contributed by atoms with Gasteiger partial charge in [0.2, 0.25) is 0 Å². The highest BCUT2D eigenvalue weighted by molar-refractivity contribution is 5.66. The van der Waals surface area contributed by atoms with Crippen LogP contribution >= 0.6 is 0 Å². The molecule has 0 aliphatic heterocycles. The third-order valence-electron chi connectivity index (χ3n) is 1.45. The summed E-state index contributed by atoms with van der Waals surface area (Å²) in [7, 11) is 1.67. The summed E-state index contributed by atoms with van der Waals surface area (Å²) in [5, 5.41) is 35.3. The van der Waals surface area contributed by atoms with Crippen molar-refractivity contribution in [2.45, 2.75) is 32.1 Å². The maximum atomic E-state index is 9.65. The number of hydrogen-bond donors (Lipinski definition) is 5. The van der Waals surface area contributed by atoms with E-state index in [1.807, 2.05) is 0 Å². The number of carboxylic acid groups (broad SMARTS) is 1. The fourth-order valence-corrected chi connectivity index (χ4v) is 0.379. The number of likely N-dealkylation sites (N-methyl/N-ethyl adjacent to an activating group) is 1. The van der Waals surface area contributed by atoms with E-state index in [4.69, 9.17) is 20.4 Å². The fraction of sp³-hybridized carbons (Fsp3) is 0.875. The molecule has 0 rings (SSSR count). The van der Waals surface area contributed by atoms with Gasteiger partial charge >= 0.3 is 5.97 Å². The zero-order chi connectivity index (χ0) is 11.6. The predicted molar refractivity (Wildman–Crippen MR) is 50.7 cm³/mol. The Bertz CT molecular complexity index is 140. The Hall–Kier alpha value is -0.690. The van der Waals surface area contributed by atoms with E-state index in [1.54, 1.807) is 14.0 Å². The van der Waals surface area contributed by atoms with Gasteiger partial charge < -0.3 is 25.7 Å². The van der Waals surface area contributed by atoms with E-state index >= 15 is 0 Å². The van der Waals surface area contributed by atoms with Crippen molar-refractivity contribution in [3.63, 3.8) is 0 Å². The molecule has 0 fully saturated rings. The Morgan fingerprint density at radius 2 is 1.93 bits per heavy atom. The minimum absolute atomic E-state index is 0.0354. The number of aliphatic carboxylic acids is 1. The van der Waals surface area contributed by atoms with Gasteiger partial charge in [0.05, 0.1) is 6.04 Å². The number of aliphatic hydroxyl groups is 3. The van der Waals surface area contributed by atoms with Gasteiger partial charge in [0.25, 0.3) is 0 Å². The molecule has 1 atom stereocenters. The van der Waals surface area contributed by atoms with Gasteiger partial charge in [-0.2, -0.15) is 0 Å². The topological polar surface area (TPSA) is 110 Å². The third-order valence-corrected chi connectivity index (χ3v) is 1.45. The quantitative estimate of drug-likeness (QED) is 0.362. The zero-order valence-electron chi connectivity index (χ0n) is 8.47. The van der Waals surface area contributed by atoms with Crippen LogP contribution in [0.4, 0.5) is 0 Å². The van der Waals surface area contributed by atoms with E-state index in [0.717, 1.165) is 0 Å². The molecule has 0 aliphatic rings. The van der Waals surface area contributed by atoms with Crippen LogP contribution in [0.1, 0.15) is 19.8 Å².